The molecule has 0 saturated carbocycles. The van der Waals surface area contributed by atoms with Crippen LogP contribution >= 0.6 is 24.0 Å². The molecule has 2 N–H and O–H groups in total. The minimum absolute atomic E-state index is 0. The van der Waals surface area contributed by atoms with Crippen LogP contribution in [0, 0.1) is 12.1 Å². The van der Waals surface area contributed by atoms with Crippen molar-refractivity contribution in [3.63, 3.8) is 0 Å². The molecule has 0 spiro atoms. The molecule has 0 atom stereocenters. The van der Waals surface area contributed by atoms with Crippen molar-refractivity contribution in [2.24, 2.45) is 5.73 Å². The topological polar surface area (TPSA) is 115 Å². The van der Waals surface area contributed by atoms with Gasteiger partial charge in [0, 0.05) is 29.6 Å². The second-order valence-corrected chi connectivity index (χ2v) is 6.39. The summed E-state index contributed by atoms with van der Waals surface area (Å²) in [5.41, 5.74) is 5.88. The maximum Gasteiger partial charge on any atom is 0.345 e. The molecule has 0 saturated heterocycles. The summed E-state index contributed by atoms with van der Waals surface area (Å²) in [5.74, 6) is -1.55. The number of esters is 2. The molecule has 0 aliphatic carbocycles. The van der Waals surface area contributed by atoms with Crippen molar-refractivity contribution in [3.05, 3.63) is 57.0 Å². The molecule has 8 nitrogen and oxygen atoms in total. The van der Waals surface area contributed by atoms with Gasteiger partial charge in [-0.1, -0.05) is 29.8 Å². The number of ether oxygens (including phenoxy) is 3. The van der Waals surface area contributed by atoms with Crippen LogP contribution in [0.15, 0.2) is 24.3 Å². The largest absolute Gasteiger partial charge is 0.618 e. The summed E-state index contributed by atoms with van der Waals surface area (Å²) in [5, 5.41) is 13.3. The Hall–Kier alpha value is -2.39. The summed E-state index contributed by atoms with van der Waals surface area (Å²) in [4.78, 5) is 25.5. The van der Waals surface area contributed by atoms with Crippen molar-refractivity contribution in [2.45, 2.75) is 20.5 Å². The van der Waals surface area contributed by atoms with Crippen LogP contribution in [0.1, 0.15) is 39.0 Å². The Labute approximate surface area is 185 Å². The first-order chi connectivity index (χ1) is 13.9. The highest BCUT2D eigenvalue weighted by atomic mass is 35.5. The van der Waals surface area contributed by atoms with Gasteiger partial charge in [0.2, 0.25) is 11.4 Å². The zero-order chi connectivity index (χ0) is 21.6. The standard InChI is InChI=1S/C20H23ClN2O6.ClH/c1-4-29-20(25)18-15(11-28-10-9-22)23(26)12(2)16(19(24)27-3)17(18)13-7-5-6-8-14(13)21;/h5-8H,4,9-11,22H2,1-3H3;1H. The lowest BCUT2D eigenvalue weighted by atomic mass is 9.92. The third kappa shape index (κ3) is 5.20. The van der Waals surface area contributed by atoms with E-state index in [1.54, 1.807) is 31.2 Å². The summed E-state index contributed by atoms with van der Waals surface area (Å²) < 4.78 is 15.9. The lowest BCUT2D eigenvalue weighted by Gasteiger charge is -2.20. The van der Waals surface area contributed by atoms with Gasteiger partial charge in [0.25, 0.3) is 0 Å². The fourth-order valence-corrected chi connectivity index (χ4v) is 3.18. The number of rotatable bonds is 8. The highest BCUT2D eigenvalue weighted by Gasteiger charge is 2.35. The van der Waals surface area contributed by atoms with Crippen LogP contribution in [0.4, 0.5) is 0 Å². The molecular formula is C20H24Cl2N2O6. The number of carbonyl (C=O) groups is 2. The molecule has 1 heterocycles. The van der Waals surface area contributed by atoms with E-state index in [9.17, 15) is 14.8 Å². The van der Waals surface area contributed by atoms with E-state index in [2.05, 4.69) is 0 Å². The predicted octanol–water partition coefficient (Wildman–Crippen LogP) is 2.81. The molecule has 0 radical (unpaired) electrons. The van der Waals surface area contributed by atoms with Gasteiger partial charge in [0.1, 0.15) is 17.7 Å². The lowest BCUT2D eigenvalue weighted by Crippen LogP contribution is -2.41. The Bertz CT molecular complexity index is 921. The van der Waals surface area contributed by atoms with Crippen molar-refractivity contribution in [1.82, 2.24) is 0 Å². The minimum Gasteiger partial charge on any atom is -0.618 e. The van der Waals surface area contributed by atoms with Gasteiger partial charge >= 0.3 is 11.9 Å². The van der Waals surface area contributed by atoms with Crippen LogP contribution in [0.5, 0.6) is 0 Å². The molecule has 1 aromatic carbocycles. The zero-order valence-corrected chi connectivity index (χ0v) is 18.5. The van der Waals surface area contributed by atoms with Gasteiger partial charge in [-0.15, -0.1) is 12.4 Å². The molecule has 164 valence electrons. The third-order valence-corrected chi connectivity index (χ3v) is 4.54. The Morgan fingerprint density at radius 1 is 1.20 bits per heavy atom. The average Bonchev–Trinajstić information content (AvgIpc) is 2.71. The Morgan fingerprint density at radius 2 is 1.87 bits per heavy atom. The van der Waals surface area contributed by atoms with Gasteiger partial charge in [-0.05, 0) is 13.0 Å². The van der Waals surface area contributed by atoms with Crippen LogP contribution in [0.3, 0.4) is 0 Å². The van der Waals surface area contributed by atoms with Crippen LogP contribution < -0.4 is 10.5 Å². The number of nitrogens with two attached hydrogens (primary N) is 1. The average molecular weight is 459 g/mol. The molecule has 30 heavy (non-hydrogen) atoms. The molecular weight excluding hydrogens is 435 g/mol. The van der Waals surface area contributed by atoms with E-state index in [1.165, 1.54) is 14.0 Å². The van der Waals surface area contributed by atoms with Crippen LogP contribution in [0.25, 0.3) is 11.1 Å². The maximum atomic E-state index is 13.0. The Kier molecular flexibility index (Phi) is 10.0. The molecule has 0 aliphatic heterocycles. The number of benzene rings is 1. The molecule has 0 unspecified atom stereocenters. The number of aromatic nitrogens is 1. The van der Waals surface area contributed by atoms with Gasteiger partial charge in [-0.2, -0.15) is 4.73 Å². The third-order valence-electron chi connectivity index (χ3n) is 4.21. The van der Waals surface area contributed by atoms with Crippen molar-refractivity contribution < 1.29 is 28.5 Å². The van der Waals surface area contributed by atoms with Gasteiger partial charge in [0.05, 0.1) is 20.3 Å². The van der Waals surface area contributed by atoms with E-state index in [1.807, 2.05) is 0 Å². The second-order valence-electron chi connectivity index (χ2n) is 5.98. The zero-order valence-electron chi connectivity index (χ0n) is 16.9. The molecule has 1 aromatic heterocycles. The number of hydrogen-bond donors (Lipinski definition) is 1. The summed E-state index contributed by atoms with van der Waals surface area (Å²) in [6, 6.07) is 6.68. The van der Waals surface area contributed by atoms with Gasteiger partial charge in [0.15, 0.2) is 0 Å². The van der Waals surface area contributed by atoms with E-state index in [0.29, 0.717) is 15.3 Å². The number of nitrogens with zero attached hydrogens (tertiary/aromatic N) is 1. The summed E-state index contributed by atoms with van der Waals surface area (Å²) in [7, 11) is 1.19. The molecule has 0 bridgehead atoms. The highest BCUT2D eigenvalue weighted by molar-refractivity contribution is 6.33. The fourth-order valence-electron chi connectivity index (χ4n) is 2.95. The first-order valence-corrected chi connectivity index (χ1v) is 9.33. The van der Waals surface area contributed by atoms with Crippen LogP contribution in [-0.4, -0.2) is 38.8 Å². The second kappa shape index (κ2) is 11.7. The number of halogens is 2. The van der Waals surface area contributed by atoms with Crippen molar-refractivity contribution >= 4 is 35.9 Å². The molecule has 10 heteroatoms. The van der Waals surface area contributed by atoms with E-state index >= 15 is 0 Å². The fraction of sp³-hybridized carbons (Fsp3) is 0.350. The Balaban J connectivity index is 0.00000450. The predicted molar refractivity (Wildman–Crippen MR) is 114 cm³/mol. The van der Waals surface area contributed by atoms with E-state index in [-0.39, 0.29) is 66.9 Å². The van der Waals surface area contributed by atoms with Crippen molar-refractivity contribution in [2.75, 3.05) is 26.9 Å². The normalized spacial score (nSPS) is 10.3. The van der Waals surface area contributed by atoms with E-state index in [4.69, 9.17) is 31.5 Å². The van der Waals surface area contributed by atoms with Gasteiger partial charge in [-0.25, -0.2) is 9.59 Å². The summed E-state index contributed by atoms with van der Waals surface area (Å²) >= 11 is 6.37. The quantitative estimate of drug-likeness (QED) is 0.279. The van der Waals surface area contributed by atoms with Crippen molar-refractivity contribution in [1.29, 1.82) is 0 Å². The van der Waals surface area contributed by atoms with Gasteiger partial charge in [-0.3, -0.25) is 0 Å². The molecule has 2 aromatic rings. The monoisotopic (exact) mass is 458 g/mol. The Morgan fingerprint density at radius 3 is 2.43 bits per heavy atom. The number of pyridine rings is 1. The summed E-state index contributed by atoms with van der Waals surface area (Å²) in [6.45, 7) is 3.39. The molecule has 0 amide bonds. The van der Waals surface area contributed by atoms with Crippen molar-refractivity contribution in [3.8, 4) is 11.1 Å². The molecule has 0 fully saturated rings. The van der Waals surface area contributed by atoms with E-state index < -0.39 is 11.9 Å². The lowest BCUT2D eigenvalue weighted by molar-refractivity contribution is -0.623. The smallest absolute Gasteiger partial charge is 0.345 e. The van der Waals surface area contributed by atoms with E-state index in [0.717, 1.165) is 0 Å². The molecule has 2 rings (SSSR count). The number of methoxy groups -OCH3 is 1. The van der Waals surface area contributed by atoms with Crippen LogP contribution in [0.2, 0.25) is 5.02 Å². The number of hydrogen-bond acceptors (Lipinski definition) is 7. The first-order valence-electron chi connectivity index (χ1n) is 8.96. The first kappa shape index (κ1) is 25.6. The highest BCUT2D eigenvalue weighted by Crippen LogP contribution is 2.36. The van der Waals surface area contributed by atoms with Gasteiger partial charge < -0.3 is 25.2 Å². The number of carbonyl (C=O) groups excluding carboxylic acids is 2. The maximum absolute atomic E-state index is 13.0. The summed E-state index contributed by atoms with van der Waals surface area (Å²) in [6.07, 6.45) is 0. The minimum atomic E-state index is -0.776. The molecule has 0 aliphatic rings. The SMILES string of the molecule is CCOC(=O)c1c(-c2ccccc2Cl)c(C(=O)OC)c(C)[n+]([O-])c1COCCN.Cl. The van der Waals surface area contributed by atoms with Crippen LogP contribution in [-0.2, 0) is 20.8 Å².